The number of halogens is 1. The van der Waals surface area contributed by atoms with Crippen LogP contribution in [0.15, 0.2) is 22.7 Å². The fraction of sp³-hybridized carbons (Fsp3) is 0.500. The summed E-state index contributed by atoms with van der Waals surface area (Å²) in [6.45, 7) is 4.85. The minimum absolute atomic E-state index is 0.156. The summed E-state index contributed by atoms with van der Waals surface area (Å²) in [7, 11) is 0. The lowest BCUT2D eigenvalue weighted by molar-refractivity contribution is 0.311. The van der Waals surface area contributed by atoms with Crippen molar-refractivity contribution in [3.8, 4) is 5.75 Å². The SMILES string of the molecule is CCCOc1c(Br)cccc1CC(C)N. The van der Waals surface area contributed by atoms with Crippen LogP contribution in [0.25, 0.3) is 0 Å². The van der Waals surface area contributed by atoms with Crippen LogP contribution < -0.4 is 10.5 Å². The van der Waals surface area contributed by atoms with E-state index in [4.69, 9.17) is 10.5 Å². The van der Waals surface area contributed by atoms with E-state index in [1.165, 1.54) is 5.56 Å². The third-order valence-electron chi connectivity index (χ3n) is 2.04. The van der Waals surface area contributed by atoms with Crippen LogP contribution in [0.1, 0.15) is 25.8 Å². The summed E-state index contributed by atoms with van der Waals surface area (Å²) in [5.74, 6) is 0.941. The second-order valence-corrected chi connectivity index (χ2v) is 4.61. The molecule has 1 atom stereocenters. The van der Waals surface area contributed by atoms with Crippen LogP contribution in [0.5, 0.6) is 5.75 Å². The molecule has 0 amide bonds. The standard InChI is InChI=1S/C12H18BrNO/c1-3-7-15-12-10(8-9(2)14)5-4-6-11(12)13/h4-6,9H,3,7-8,14H2,1-2H3. The number of ether oxygens (including phenoxy) is 1. The number of benzene rings is 1. The van der Waals surface area contributed by atoms with Crippen molar-refractivity contribution in [2.45, 2.75) is 32.7 Å². The largest absolute Gasteiger partial charge is 0.492 e. The fourth-order valence-corrected chi connectivity index (χ4v) is 1.95. The summed E-state index contributed by atoms with van der Waals surface area (Å²) in [5, 5.41) is 0. The molecular weight excluding hydrogens is 254 g/mol. The molecule has 0 aliphatic heterocycles. The maximum atomic E-state index is 5.80. The smallest absolute Gasteiger partial charge is 0.136 e. The molecule has 3 heteroatoms. The van der Waals surface area contributed by atoms with Gasteiger partial charge < -0.3 is 10.5 Å². The van der Waals surface area contributed by atoms with E-state index in [0.29, 0.717) is 0 Å². The van der Waals surface area contributed by atoms with E-state index < -0.39 is 0 Å². The molecule has 0 bridgehead atoms. The maximum Gasteiger partial charge on any atom is 0.136 e. The van der Waals surface area contributed by atoms with Gasteiger partial charge in [0.15, 0.2) is 0 Å². The van der Waals surface area contributed by atoms with Gasteiger partial charge >= 0.3 is 0 Å². The van der Waals surface area contributed by atoms with Crippen LogP contribution in [-0.2, 0) is 6.42 Å². The molecule has 0 spiro atoms. The van der Waals surface area contributed by atoms with Gasteiger partial charge in [0, 0.05) is 6.04 Å². The minimum atomic E-state index is 0.156. The Kier molecular flexibility index (Phi) is 5.12. The molecule has 0 saturated carbocycles. The van der Waals surface area contributed by atoms with E-state index in [1.54, 1.807) is 0 Å². The second-order valence-electron chi connectivity index (χ2n) is 3.76. The van der Waals surface area contributed by atoms with Crippen LogP contribution in [0, 0.1) is 0 Å². The van der Waals surface area contributed by atoms with Crippen LogP contribution in [0.3, 0.4) is 0 Å². The van der Waals surface area contributed by atoms with Crippen molar-refractivity contribution < 1.29 is 4.74 Å². The van der Waals surface area contributed by atoms with Crippen molar-refractivity contribution >= 4 is 15.9 Å². The molecule has 1 aromatic rings. The summed E-state index contributed by atoms with van der Waals surface area (Å²) in [5.41, 5.74) is 6.98. The van der Waals surface area contributed by atoms with Crippen molar-refractivity contribution in [1.82, 2.24) is 0 Å². The van der Waals surface area contributed by atoms with Gasteiger partial charge in [-0.3, -0.25) is 0 Å². The van der Waals surface area contributed by atoms with Crippen molar-refractivity contribution in [1.29, 1.82) is 0 Å². The van der Waals surface area contributed by atoms with Crippen LogP contribution in [-0.4, -0.2) is 12.6 Å². The lowest BCUT2D eigenvalue weighted by Gasteiger charge is -2.14. The first-order valence-electron chi connectivity index (χ1n) is 5.31. The molecule has 15 heavy (non-hydrogen) atoms. The Morgan fingerprint density at radius 3 is 2.80 bits per heavy atom. The summed E-state index contributed by atoms with van der Waals surface area (Å²) >= 11 is 3.50. The molecule has 2 N–H and O–H groups in total. The zero-order valence-corrected chi connectivity index (χ0v) is 10.9. The molecule has 0 aliphatic carbocycles. The van der Waals surface area contributed by atoms with Gasteiger partial charge in [-0.15, -0.1) is 0 Å². The third-order valence-corrected chi connectivity index (χ3v) is 2.67. The summed E-state index contributed by atoms with van der Waals surface area (Å²) in [6.07, 6.45) is 1.86. The molecule has 1 unspecified atom stereocenters. The van der Waals surface area contributed by atoms with Crippen molar-refractivity contribution in [2.75, 3.05) is 6.61 Å². The highest BCUT2D eigenvalue weighted by molar-refractivity contribution is 9.10. The summed E-state index contributed by atoms with van der Waals surface area (Å²) < 4.78 is 6.72. The van der Waals surface area contributed by atoms with Gasteiger partial charge in [0.2, 0.25) is 0 Å². The molecule has 0 heterocycles. The Labute approximate surface area is 99.9 Å². The van der Waals surface area contributed by atoms with E-state index in [9.17, 15) is 0 Å². The first-order chi connectivity index (χ1) is 7.15. The van der Waals surface area contributed by atoms with E-state index in [2.05, 4.69) is 28.9 Å². The zero-order valence-electron chi connectivity index (χ0n) is 9.29. The summed E-state index contributed by atoms with van der Waals surface area (Å²) in [6, 6.07) is 6.23. The molecule has 0 saturated heterocycles. The normalized spacial score (nSPS) is 12.5. The Balaban J connectivity index is 2.87. The van der Waals surface area contributed by atoms with Gasteiger partial charge in [0.05, 0.1) is 11.1 Å². The number of hydrogen-bond donors (Lipinski definition) is 1. The highest BCUT2D eigenvalue weighted by Crippen LogP contribution is 2.29. The average molecular weight is 272 g/mol. The molecular formula is C12H18BrNO. The molecule has 1 rings (SSSR count). The third kappa shape index (κ3) is 3.84. The maximum absolute atomic E-state index is 5.80. The molecule has 0 fully saturated rings. The van der Waals surface area contributed by atoms with Crippen molar-refractivity contribution in [2.24, 2.45) is 5.73 Å². The zero-order chi connectivity index (χ0) is 11.3. The van der Waals surface area contributed by atoms with Crippen molar-refractivity contribution in [3.63, 3.8) is 0 Å². The Bertz CT molecular complexity index is 312. The van der Waals surface area contributed by atoms with Crippen LogP contribution in [0.4, 0.5) is 0 Å². The van der Waals surface area contributed by atoms with E-state index in [0.717, 1.165) is 29.7 Å². The molecule has 0 radical (unpaired) electrons. The average Bonchev–Trinajstić information content (AvgIpc) is 2.16. The van der Waals surface area contributed by atoms with Gasteiger partial charge in [0.25, 0.3) is 0 Å². The van der Waals surface area contributed by atoms with Gasteiger partial charge in [0.1, 0.15) is 5.75 Å². The molecule has 0 aliphatic rings. The quantitative estimate of drug-likeness (QED) is 0.893. The predicted molar refractivity (Wildman–Crippen MR) is 67.3 cm³/mol. The second kappa shape index (κ2) is 6.13. The van der Waals surface area contributed by atoms with Gasteiger partial charge in [-0.1, -0.05) is 19.1 Å². The molecule has 1 aromatic carbocycles. The van der Waals surface area contributed by atoms with E-state index in [-0.39, 0.29) is 6.04 Å². The highest BCUT2D eigenvalue weighted by atomic mass is 79.9. The molecule has 0 aromatic heterocycles. The van der Waals surface area contributed by atoms with Crippen molar-refractivity contribution in [3.05, 3.63) is 28.2 Å². The first kappa shape index (κ1) is 12.5. The van der Waals surface area contributed by atoms with E-state index in [1.807, 2.05) is 19.1 Å². The van der Waals surface area contributed by atoms with Gasteiger partial charge in [-0.25, -0.2) is 0 Å². The molecule has 2 nitrogen and oxygen atoms in total. The predicted octanol–water partition coefficient (Wildman–Crippen LogP) is 3.13. The lowest BCUT2D eigenvalue weighted by atomic mass is 10.1. The molecule has 84 valence electrons. The Hall–Kier alpha value is -0.540. The monoisotopic (exact) mass is 271 g/mol. The Morgan fingerprint density at radius 2 is 2.20 bits per heavy atom. The lowest BCUT2D eigenvalue weighted by Crippen LogP contribution is -2.18. The van der Waals surface area contributed by atoms with E-state index >= 15 is 0 Å². The van der Waals surface area contributed by atoms with Gasteiger partial charge in [-0.05, 0) is 47.3 Å². The van der Waals surface area contributed by atoms with Crippen LogP contribution in [0.2, 0.25) is 0 Å². The highest BCUT2D eigenvalue weighted by Gasteiger charge is 2.09. The van der Waals surface area contributed by atoms with Crippen LogP contribution >= 0.6 is 15.9 Å². The number of hydrogen-bond acceptors (Lipinski definition) is 2. The fourth-order valence-electron chi connectivity index (χ4n) is 1.43. The topological polar surface area (TPSA) is 35.2 Å². The number of rotatable bonds is 5. The number of nitrogens with two attached hydrogens (primary N) is 1. The summed E-state index contributed by atoms with van der Waals surface area (Å²) in [4.78, 5) is 0. The number of para-hydroxylation sites is 1. The van der Waals surface area contributed by atoms with Gasteiger partial charge in [-0.2, -0.15) is 0 Å². The Morgan fingerprint density at radius 1 is 1.47 bits per heavy atom. The first-order valence-corrected chi connectivity index (χ1v) is 6.10. The minimum Gasteiger partial charge on any atom is -0.492 e.